The van der Waals surface area contributed by atoms with E-state index < -0.39 is 0 Å². The summed E-state index contributed by atoms with van der Waals surface area (Å²) in [6, 6.07) is 0. The molecule has 0 aliphatic heterocycles. The van der Waals surface area contributed by atoms with Crippen LogP contribution in [0.5, 0.6) is 0 Å². The first-order valence-corrected chi connectivity index (χ1v) is 5.48. The Morgan fingerprint density at radius 1 is 1.25 bits per heavy atom. The minimum atomic E-state index is 0.985. The molecular formula is C12H20. The number of rotatable bonds is 0. The number of allylic oxidation sites excluding steroid dienone is 2. The minimum absolute atomic E-state index is 0.985. The van der Waals surface area contributed by atoms with Crippen LogP contribution < -0.4 is 0 Å². The SMILES string of the molecule is C/C=C1\CCCC2C(C)CCC12. The summed E-state index contributed by atoms with van der Waals surface area (Å²) in [5.74, 6) is 3.04. The molecule has 68 valence electrons. The Bertz CT molecular complexity index is 190. The molecule has 2 saturated carbocycles. The van der Waals surface area contributed by atoms with Crippen LogP contribution in [0.4, 0.5) is 0 Å². The smallest absolute Gasteiger partial charge is 0.0172 e. The molecule has 2 rings (SSSR count). The maximum Gasteiger partial charge on any atom is -0.0172 e. The molecule has 2 fully saturated rings. The molecule has 0 heterocycles. The Labute approximate surface area is 76.1 Å². The standard InChI is InChI=1S/C12H20/c1-3-10-5-4-6-11-9(2)7-8-12(10)11/h3,9,11-12H,4-8H2,1-2H3/b10-3+. The van der Waals surface area contributed by atoms with Gasteiger partial charge in [-0.25, -0.2) is 0 Å². The van der Waals surface area contributed by atoms with E-state index in [9.17, 15) is 0 Å². The third kappa shape index (κ3) is 1.22. The van der Waals surface area contributed by atoms with Gasteiger partial charge in [-0.1, -0.05) is 18.6 Å². The first kappa shape index (κ1) is 8.34. The normalized spacial score (nSPS) is 44.8. The molecule has 3 unspecified atom stereocenters. The van der Waals surface area contributed by atoms with Gasteiger partial charge in [-0.05, 0) is 56.8 Å². The van der Waals surface area contributed by atoms with Crippen LogP contribution in [0.2, 0.25) is 0 Å². The maximum atomic E-state index is 2.45. The van der Waals surface area contributed by atoms with E-state index in [2.05, 4.69) is 19.9 Å². The first-order valence-electron chi connectivity index (χ1n) is 5.48. The van der Waals surface area contributed by atoms with E-state index in [0.29, 0.717) is 0 Å². The molecule has 0 aromatic heterocycles. The summed E-state index contributed by atoms with van der Waals surface area (Å²) in [7, 11) is 0. The minimum Gasteiger partial charge on any atom is -0.0882 e. The second-order valence-electron chi connectivity index (χ2n) is 4.58. The van der Waals surface area contributed by atoms with Gasteiger partial charge in [0.05, 0.1) is 0 Å². The van der Waals surface area contributed by atoms with Gasteiger partial charge in [-0.2, -0.15) is 0 Å². The molecule has 2 aliphatic carbocycles. The molecule has 0 aromatic rings. The fraction of sp³-hybridized carbons (Fsp3) is 0.833. The maximum absolute atomic E-state index is 2.45. The molecular weight excluding hydrogens is 144 g/mol. The van der Waals surface area contributed by atoms with E-state index in [4.69, 9.17) is 0 Å². The Hall–Kier alpha value is -0.260. The van der Waals surface area contributed by atoms with Crippen molar-refractivity contribution in [3.05, 3.63) is 11.6 Å². The topological polar surface area (TPSA) is 0 Å². The van der Waals surface area contributed by atoms with Gasteiger partial charge in [0.15, 0.2) is 0 Å². The molecule has 2 aliphatic rings. The van der Waals surface area contributed by atoms with Crippen LogP contribution in [-0.4, -0.2) is 0 Å². The summed E-state index contributed by atoms with van der Waals surface area (Å²) in [4.78, 5) is 0. The Kier molecular flexibility index (Phi) is 2.25. The molecule has 0 aromatic carbocycles. The first-order chi connectivity index (χ1) is 5.83. The summed E-state index contributed by atoms with van der Waals surface area (Å²) in [5, 5.41) is 0. The average molecular weight is 164 g/mol. The fourth-order valence-electron chi connectivity index (χ4n) is 3.30. The van der Waals surface area contributed by atoms with Crippen LogP contribution in [0.1, 0.15) is 46.0 Å². The van der Waals surface area contributed by atoms with Crippen LogP contribution in [0.25, 0.3) is 0 Å². The molecule has 0 saturated heterocycles. The van der Waals surface area contributed by atoms with E-state index in [1.807, 2.05) is 0 Å². The summed E-state index contributed by atoms with van der Waals surface area (Å²) in [6.45, 7) is 4.67. The molecule has 0 nitrogen and oxygen atoms in total. The van der Waals surface area contributed by atoms with E-state index in [0.717, 1.165) is 17.8 Å². The Balaban J connectivity index is 2.15. The Morgan fingerprint density at radius 2 is 2.08 bits per heavy atom. The highest BCUT2D eigenvalue weighted by molar-refractivity contribution is 5.12. The number of hydrogen-bond acceptors (Lipinski definition) is 0. The van der Waals surface area contributed by atoms with Gasteiger partial charge in [0.2, 0.25) is 0 Å². The second kappa shape index (κ2) is 3.24. The zero-order valence-electron chi connectivity index (χ0n) is 8.34. The average Bonchev–Trinajstić information content (AvgIpc) is 2.48. The quantitative estimate of drug-likeness (QED) is 0.478. The van der Waals surface area contributed by atoms with Crippen LogP contribution in [0.15, 0.2) is 11.6 Å². The lowest BCUT2D eigenvalue weighted by atomic mass is 9.75. The monoisotopic (exact) mass is 164 g/mol. The highest BCUT2D eigenvalue weighted by Crippen LogP contribution is 2.47. The number of hydrogen-bond donors (Lipinski definition) is 0. The summed E-state index contributed by atoms with van der Waals surface area (Å²) in [6.07, 6.45) is 9.69. The van der Waals surface area contributed by atoms with Crippen molar-refractivity contribution in [3.63, 3.8) is 0 Å². The molecule has 0 amide bonds. The van der Waals surface area contributed by atoms with E-state index in [1.54, 1.807) is 5.57 Å². The van der Waals surface area contributed by atoms with Gasteiger partial charge in [0.1, 0.15) is 0 Å². The second-order valence-corrected chi connectivity index (χ2v) is 4.58. The van der Waals surface area contributed by atoms with Crippen LogP contribution >= 0.6 is 0 Å². The summed E-state index contributed by atoms with van der Waals surface area (Å²) < 4.78 is 0. The molecule has 0 bridgehead atoms. The molecule has 0 spiro atoms. The lowest BCUT2D eigenvalue weighted by molar-refractivity contribution is 0.292. The predicted octanol–water partition coefficient (Wildman–Crippen LogP) is 3.78. The Morgan fingerprint density at radius 3 is 2.83 bits per heavy atom. The molecule has 0 heteroatoms. The van der Waals surface area contributed by atoms with Crippen molar-refractivity contribution >= 4 is 0 Å². The van der Waals surface area contributed by atoms with Crippen LogP contribution in [0, 0.1) is 17.8 Å². The van der Waals surface area contributed by atoms with E-state index in [1.165, 1.54) is 32.1 Å². The molecule has 12 heavy (non-hydrogen) atoms. The zero-order valence-corrected chi connectivity index (χ0v) is 8.34. The van der Waals surface area contributed by atoms with Crippen molar-refractivity contribution in [2.45, 2.75) is 46.0 Å². The highest BCUT2D eigenvalue weighted by Gasteiger charge is 2.36. The van der Waals surface area contributed by atoms with Crippen LogP contribution in [0.3, 0.4) is 0 Å². The van der Waals surface area contributed by atoms with Crippen molar-refractivity contribution in [1.29, 1.82) is 0 Å². The third-order valence-corrected chi connectivity index (χ3v) is 4.03. The largest absolute Gasteiger partial charge is 0.0882 e. The lowest BCUT2D eigenvalue weighted by Crippen LogP contribution is -2.19. The van der Waals surface area contributed by atoms with E-state index >= 15 is 0 Å². The van der Waals surface area contributed by atoms with Crippen molar-refractivity contribution in [1.82, 2.24) is 0 Å². The molecule has 3 atom stereocenters. The van der Waals surface area contributed by atoms with Gasteiger partial charge in [-0.15, -0.1) is 0 Å². The predicted molar refractivity (Wildman–Crippen MR) is 53.0 cm³/mol. The van der Waals surface area contributed by atoms with Gasteiger partial charge < -0.3 is 0 Å². The molecule has 0 radical (unpaired) electrons. The van der Waals surface area contributed by atoms with Crippen molar-refractivity contribution < 1.29 is 0 Å². The van der Waals surface area contributed by atoms with Gasteiger partial charge >= 0.3 is 0 Å². The van der Waals surface area contributed by atoms with Crippen molar-refractivity contribution in [3.8, 4) is 0 Å². The third-order valence-electron chi connectivity index (χ3n) is 4.03. The summed E-state index contributed by atoms with van der Waals surface area (Å²) >= 11 is 0. The van der Waals surface area contributed by atoms with Gasteiger partial charge in [0.25, 0.3) is 0 Å². The van der Waals surface area contributed by atoms with Crippen molar-refractivity contribution in [2.24, 2.45) is 17.8 Å². The zero-order chi connectivity index (χ0) is 8.55. The van der Waals surface area contributed by atoms with Gasteiger partial charge in [-0.3, -0.25) is 0 Å². The fourth-order valence-corrected chi connectivity index (χ4v) is 3.30. The lowest BCUT2D eigenvalue weighted by Gasteiger charge is -2.30. The van der Waals surface area contributed by atoms with E-state index in [-0.39, 0.29) is 0 Å². The summed E-state index contributed by atoms with van der Waals surface area (Å²) in [5.41, 5.74) is 1.77. The van der Waals surface area contributed by atoms with Crippen LogP contribution in [-0.2, 0) is 0 Å². The molecule has 0 N–H and O–H groups in total. The highest BCUT2D eigenvalue weighted by atomic mass is 14.4. The number of fused-ring (bicyclic) bond motifs is 1. The van der Waals surface area contributed by atoms with Crippen molar-refractivity contribution in [2.75, 3.05) is 0 Å². The van der Waals surface area contributed by atoms with Gasteiger partial charge in [0, 0.05) is 0 Å².